The average molecular weight is 132 g/mol. The molecule has 2 atom stereocenters. The molecule has 0 aromatic carbocycles. The molecule has 0 fully saturated rings. The Labute approximate surface area is 56.5 Å². The molecular formula is C7H16O2. The maximum atomic E-state index is 9.02. The molecule has 0 aliphatic rings. The van der Waals surface area contributed by atoms with Crippen LogP contribution in [0.15, 0.2) is 0 Å². The van der Waals surface area contributed by atoms with E-state index in [1.54, 1.807) is 13.8 Å². The van der Waals surface area contributed by atoms with Gasteiger partial charge in [-0.15, -0.1) is 0 Å². The van der Waals surface area contributed by atoms with Crippen molar-refractivity contribution >= 4 is 0 Å². The van der Waals surface area contributed by atoms with Crippen molar-refractivity contribution in [3.05, 3.63) is 0 Å². The molecule has 0 saturated heterocycles. The summed E-state index contributed by atoms with van der Waals surface area (Å²) in [5.74, 6) is 0.0324. The van der Waals surface area contributed by atoms with E-state index >= 15 is 0 Å². The molecule has 0 aromatic rings. The monoisotopic (exact) mass is 132 g/mol. The molecule has 56 valence electrons. The minimum Gasteiger partial charge on any atom is -0.393 e. The minimum atomic E-state index is -0.394. The molecule has 0 amide bonds. The van der Waals surface area contributed by atoms with Gasteiger partial charge in [0.15, 0.2) is 0 Å². The predicted molar refractivity (Wildman–Crippen MR) is 37.1 cm³/mol. The SMILES string of the molecule is CCC(C(C)O)C(C)O. The molecule has 9 heavy (non-hydrogen) atoms. The first kappa shape index (κ1) is 8.92. The van der Waals surface area contributed by atoms with Gasteiger partial charge in [0, 0.05) is 5.92 Å². The summed E-state index contributed by atoms with van der Waals surface area (Å²) in [4.78, 5) is 0. The maximum Gasteiger partial charge on any atom is 0.0564 e. The van der Waals surface area contributed by atoms with Gasteiger partial charge < -0.3 is 10.2 Å². The van der Waals surface area contributed by atoms with Gasteiger partial charge in [0.05, 0.1) is 12.2 Å². The summed E-state index contributed by atoms with van der Waals surface area (Å²) in [5, 5.41) is 18.0. The molecule has 2 heteroatoms. The lowest BCUT2D eigenvalue weighted by Gasteiger charge is -2.20. The van der Waals surface area contributed by atoms with Crippen LogP contribution in [0, 0.1) is 5.92 Å². The van der Waals surface area contributed by atoms with Gasteiger partial charge in [-0.05, 0) is 20.3 Å². The molecule has 0 aromatic heterocycles. The second-order valence-electron chi connectivity index (χ2n) is 2.55. The normalized spacial score (nSPS) is 21.0. The van der Waals surface area contributed by atoms with Crippen LogP contribution in [-0.4, -0.2) is 22.4 Å². The Morgan fingerprint density at radius 3 is 1.44 bits per heavy atom. The Morgan fingerprint density at radius 2 is 1.44 bits per heavy atom. The van der Waals surface area contributed by atoms with Gasteiger partial charge in [-0.25, -0.2) is 0 Å². The van der Waals surface area contributed by atoms with E-state index in [-0.39, 0.29) is 5.92 Å². The van der Waals surface area contributed by atoms with Gasteiger partial charge in [-0.2, -0.15) is 0 Å². The average Bonchev–Trinajstić information content (AvgIpc) is 1.64. The van der Waals surface area contributed by atoms with Crippen LogP contribution in [0.25, 0.3) is 0 Å². The summed E-state index contributed by atoms with van der Waals surface area (Å²) in [6.07, 6.45) is 0.0417. The zero-order valence-electron chi connectivity index (χ0n) is 6.33. The quantitative estimate of drug-likeness (QED) is 0.595. The summed E-state index contributed by atoms with van der Waals surface area (Å²) in [7, 11) is 0. The number of aliphatic hydroxyl groups is 2. The second-order valence-corrected chi connectivity index (χ2v) is 2.55. The molecule has 2 N–H and O–H groups in total. The van der Waals surface area contributed by atoms with Gasteiger partial charge in [-0.1, -0.05) is 6.92 Å². The van der Waals surface area contributed by atoms with Crippen LogP contribution >= 0.6 is 0 Å². The Bertz CT molecular complexity index is 61.3. The fraction of sp³-hybridized carbons (Fsp3) is 1.00. The lowest BCUT2D eigenvalue weighted by Crippen LogP contribution is -2.26. The molecule has 2 unspecified atom stereocenters. The lowest BCUT2D eigenvalue weighted by atomic mass is 9.95. The van der Waals surface area contributed by atoms with Crippen LogP contribution in [0.5, 0.6) is 0 Å². The third kappa shape index (κ3) is 2.82. The van der Waals surface area contributed by atoms with Crippen molar-refractivity contribution in [2.75, 3.05) is 0 Å². The van der Waals surface area contributed by atoms with Crippen molar-refractivity contribution in [3.8, 4) is 0 Å². The summed E-state index contributed by atoms with van der Waals surface area (Å²) in [5.41, 5.74) is 0. The fourth-order valence-corrected chi connectivity index (χ4v) is 1.09. The van der Waals surface area contributed by atoms with E-state index in [0.717, 1.165) is 6.42 Å². The summed E-state index contributed by atoms with van der Waals surface area (Å²) in [6, 6.07) is 0. The van der Waals surface area contributed by atoms with Crippen molar-refractivity contribution < 1.29 is 10.2 Å². The van der Waals surface area contributed by atoms with Gasteiger partial charge in [0.25, 0.3) is 0 Å². The van der Waals surface area contributed by atoms with E-state index in [9.17, 15) is 0 Å². The number of hydrogen-bond donors (Lipinski definition) is 2. The Hall–Kier alpha value is -0.0800. The molecule has 0 rings (SSSR count). The van der Waals surface area contributed by atoms with Crippen LogP contribution < -0.4 is 0 Å². The molecule has 0 radical (unpaired) electrons. The maximum absolute atomic E-state index is 9.02. The topological polar surface area (TPSA) is 40.5 Å². The molecule has 2 nitrogen and oxygen atoms in total. The van der Waals surface area contributed by atoms with E-state index in [0.29, 0.717) is 0 Å². The molecule has 0 bridgehead atoms. The van der Waals surface area contributed by atoms with Gasteiger partial charge >= 0.3 is 0 Å². The lowest BCUT2D eigenvalue weighted by molar-refractivity contribution is 0.0299. The minimum absolute atomic E-state index is 0.0324. The van der Waals surface area contributed by atoms with Crippen LogP contribution in [0.1, 0.15) is 27.2 Å². The van der Waals surface area contributed by atoms with Gasteiger partial charge in [-0.3, -0.25) is 0 Å². The number of hydrogen-bond acceptors (Lipinski definition) is 2. The van der Waals surface area contributed by atoms with Crippen LogP contribution in [0.2, 0.25) is 0 Å². The smallest absolute Gasteiger partial charge is 0.0564 e. The molecule has 0 aliphatic heterocycles. The highest BCUT2D eigenvalue weighted by atomic mass is 16.3. The molecular weight excluding hydrogens is 116 g/mol. The number of rotatable bonds is 3. The molecule has 0 saturated carbocycles. The summed E-state index contributed by atoms with van der Waals surface area (Å²) >= 11 is 0. The van der Waals surface area contributed by atoms with Crippen molar-refractivity contribution in [2.45, 2.75) is 39.4 Å². The zero-order valence-corrected chi connectivity index (χ0v) is 6.33. The third-order valence-corrected chi connectivity index (χ3v) is 1.71. The molecule has 0 heterocycles. The molecule has 0 spiro atoms. The predicted octanol–water partition coefficient (Wildman–Crippen LogP) is 0.774. The number of aliphatic hydroxyl groups excluding tert-OH is 2. The molecule has 0 aliphatic carbocycles. The highest BCUT2D eigenvalue weighted by Crippen LogP contribution is 2.12. The van der Waals surface area contributed by atoms with E-state index in [4.69, 9.17) is 10.2 Å². The van der Waals surface area contributed by atoms with Crippen molar-refractivity contribution in [1.82, 2.24) is 0 Å². The largest absolute Gasteiger partial charge is 0.393 e. The first-order valence-corrected chi connectivity index (χ1v) is 3.45. The van der Waals surface area contributed by atoms with E-state index in [1.165, 1.54) is 0 Å². The fourth-order valence-electron chi connectivity index (χ4n) is 1.09. The second kappa shape index (κ2) is 3.85. The highest BCUT2D eigenvalue weighted by molar-refractivity contribution is 4.67. The highest BCUT2D eigenvalue weighted by Gasteiger charge is 2.17. The summed E-state index contributed by atoms with van der Waals surface area (Å²) < 4.78 is 0. The van der Waals surface area contributed by atoms with Crippen LogP contribution in [0.4, 0.5) is 0 Å². The van der Waals surface area contributed by atoms with E-state index in [1.807, 2.05) is 6.92 Å². The van der Waals surface area contributed by atoms with E-state index in [2.05, 4.69) is 0 Å². The third-order valence-electron chi connectivity index (χ3n) is 1.71. The standard InChI is InChI=1S/C7H16O2/c1-4-7(5(2)8)6(3)9/h5-9H,4H2,1-3H3. The Kier molecular flexibility index (Phi) is 3.82. The van der Waals surface area contributed by atoms with Crippen LogP contribution in [0.3, 0.4) is 0 Å². The van der Waals surface area contributed by atoms with E-state index < -0.39 is 12.2 Å². The van der Waals surface area contributed by atoms with Crippen molar-refractivity contribution in [1.29, 1.82) is 0 Å². The van der Waals surface area contributed by atoms with Crippen molar-refractivity contribution in [2.24, 2.45) is 5.92 Å². The van der Waals surface area contributed by atoms with Crippen molar-refractivity contribution in [3.63, 3.8) is 0 Å². The first-order chi connectivity index (χ1) is 4.09. The first-order valence-electron chi connectivity index (χ1n) is 3.45. The van der Waals surface area contributed by atoms with Crippen LogP contribution in [-0.2, 0) is 0 Å². The van der Waals surface area contributed by atoms with Gasteiger partial charge in [0.2, 0.25) is 0 Å². The Balaban J connectivity index is 3.68. The Morgan fingerprint density at radius 1 is 1.11 bits per heavy atom. The van der Waals surface area contributed by atoms with Gasteiger partial charge in [0.1, 0.15) is 0 Å². The summed E-state index contributed by atoms with van der Waals surface area (Å²) in [6.45, 7) is 5.38. The zero-order chi connectivity index (χ0) is 7.44.